The van der Waals surface area contributed by atoms with Crippen LogP contribution in [-0.2, 0) is 44.7 Å². The Morgan fingerprint density at radius 2 is 1.88 bits per heavy atom. The van der Waals surface area contributed by atoms with Gasteiger partial charge in [0, 0.05) is 46.2 Å². The van der Waals surface area contributed by atoms with Crippen LogP contribution in [-0.4, -0.2) is 97.9 Å². The number of hydrogen-bond donors (Lipinski definition) is 6. The molecule has 4 aliphatic carbocycles. The van der Waals surface area contributed by atoms with Crippen LogP contribution < -0.4 is 16.0 Å². The molecule has 1 aromatic heterocycles. The van der Waals surface area contributed by atoms with Gasteiger partial charge in [-0.2, -0.15) is 0 Å². The maximum absolute atomic E-state index is 13.9. The number of fused-ring (bicyclic) bond motifs is 7. The number of carbonyl (C=O) groups excluding carboxylic acids is 5. The predicted octanol–water partition coefficient (Wildman–Crippen LogP) is 3.14. The molecule has 6 N–H and O–H groups in total. The molecule has 3 saturated carbocycles. The number of allylic oxidation sites excluding steroid dienone is 4. The van der Waals surface area contributed by atoms with Gasteiger partial charge in [-0.25, -0.2) is 4.98 Å². The highest BCUT2D eigenvalue weighted by Gasteiger charge is 2.75. The van der Waals surface area contributed by atoms with E-state index in [2.05, 4.69) is 43.8 Å². The van der Waals surface area contributed by atoms with E-state index in [1.54, 1.807) is 18.3 Å². The number of benzene rings is 1. The van der Waals surface area contributed by atoms with Crippen molar-refractivity contribution in [2.75, 3.05) is 23.8 Å². The largest absolute Gasteiger partial charge is 0.481 e. The van der Waals surface area contributed by atoms with Crippen molar-refractivity contribution in [2.24, 2.45) is 28.6 Å². The highest BCUT2D eigenvalue weighted by molar-refractivity contribution is 9.09. The van der Waals surface area contributed by atoms with Gasteiger partial charge in [-0.1, -0.05) is 65.7 Å². The fourth-order valence-corrected chi connectivity index (χ4v) is 11.5. The lowest BCUT2D eigenvalue weighted by molar-refractivity contribution is -0.201. The fraction of sp³-hybridized carbons (Fsp3) is 0.537. The molecule has 0 unspecified atom stereocenters. The number of nitrogens with zero attached hydrogens (tertiary/aromatic N) is 1. The molecule has 310 valence electrons. The molecule has 58 heavy (non-hydrogen) atoms. The zero-order valence-electron chi connectivity index (χ0n) is 32.1. The summed E-state index contributed by atoms with van der Waals surface area (Å²) in [6.07, 6.45) is 6.81. The van der Waals surface area contributed by atoms with Crippen molar-refractivity contribution >= 4 is 67.7 Å². The first-order valence-corrected chi connectivity index (χ1v) is 21.3. The number of aliphatic hydroxyl groups excluding tert-OH is 2. The monoisotopic (exact) mass is 882 g/mol. The number of carbonyl (C=O) groups is 6. The van der Waals surface area contributed by atoms with Crippen LogP contribution in [0, 0.1) is 28.6 Å². The number of thiazole rings is 1. The average Bonchev–Trinajstić information content (AvgIpc) is 3.87. The van der Waals surface area contributed by atoms with Crippen molar-refractivity contribution in [3.05, 3.63) is 70.3 Å². The van der Waals surface area contributed by atoms with Crippen LogP contribution in [0.5, 0.6) is 0 Å². The summed E-state index contributed by atoms with van der Waals surface area (Å²) < 4.78 is 13.3. The van der Waals surface area contributed by atoms with Gasteiger partial charge >= 0.3 is 5.97 Å². The summed E-state index contributed by atoms with van der Waals surface area (Å²) in [4.78, 5) is 79.3. The number of hydrogen-bond acceptors (Lipinski definition) is 12. The minimum absolute atomic E-state index is 0.00483. The van der Waals surface area contributed by atoms with Crippen molar-refractivity contribution in [1.29, 1.82) is 0 Å². The van der Waals surface area contributed by atoms with Gasteiger partial charge in [0.2, 0.25) is 17.7 Å². The number of alkyl halides is 1. The van der Waals surface area contributed by atoms with E-state index in [9.17, 15) is 39.0 Å². The summed E-state index contributed by atoms with van der Waals surface area (Å²) in [5, 5.41) is 39.1. The lowest BCUT2D eigenvalue weighted by atomic mass is 9.46. The number of nitrogens with one attached hydrogen (secondary N) is 3. The topological polar surface area (TPSA) is 231 Å². The zero-order chi connectivity index (χ0) is 41.6. The number of anilines is 1. The maximum atomic E-state index is 13.9. The molecular weight excluding hydrogens is 836 g/mol. The van der Waals surface area contributed by atoms with Crippen LogP contribution in [0.3, 0.4) is 0 Å². The molecule has 1 aliphatic heterocycles. The molecule has 0 radical (unpaired) electrons. The molecule has 10 atom stereocenters. The van der Waals surface area contributed by atoms with E-state index >= 15 is 0 Å². The number of ether oxygens (including phenoxy) is 2. The number of rotatable bonds is 14. The van der Waals surface area contributed by atoms with E-state index in [-0.39, 0.29) is 59.8 Å². The molecule has 15 nitrogen and oxygen atoms in total. The number of carboxylic acid groups (broad SMARTS) is 1. The normalized spacial score (nSPS) is 32.5. The Bertz CT molecular complexity index is 2060. The molecular formula is C41H47BrN4O11S. The fourth-order valence-electron chi connectivity index (χ4n) is 10.5. The Balaban J connectivity index is 1.01. The molecule has 3 amide bonds. The number of amides is 3. The third-order valence-electron chi connectivity index (χ3n) is 13.1. The van der Waals surface area contributed by atoms with Gasteiger partial charge in [-0.15, -0.1) is 11.3 Å². The molecule has 7 rings (SSSR count). The number of Topliss-reactive ketones (excluding diaryl/α,β-unsaturated/α-hetero) is 1. The second-order valence-corrected chi connectivity index (χ2v) is 18.0. The molecule has 0 bridgehead atoms. The van der Waals surface area contributed by atoms with E-state index in [1.807, 2.05) is 37.3 Å². The molecule has 0 spiro atoms. The quantitative estimate of drug-likeness (QED) is 0.151. The van der Waals surface area contributed by atoms with Gasteiger partial charge in [0.1, 0.15) is 12.6 Å². The number of ketones is 2. The Labute approximate surface area is 347 Å². The lowest BCUT2D eigenvalue weighted by Crippen LogP contribution is -2.63. The number of carboxylic acids is 1. The molecule has 4 fully saturated rings. The average molecular weight is 884 g/mol. The number of halogens is 1. The van der Waals surface area contributed by atoms with E-state index in [0.717, 1.165) is 28.9 Å². The minimum atomic E-state index is -1.46. The second kappa shape index (κ2) is 16.5. The first-order chi connectivity index (χ1) is 27.6. The predicted molar refractivity (Wildman–Crippen MR) is 213 cm³/mol. The van der Waals surface area contributed by atoms with Crippen LogP contribution in [0.25, 0.3) is 0 Å². The molecule has 5 aliphatic rings. The molecule has 1 saturated heterocycles. The maximum Gasteiger partial charge on any atom is 0.303 e. The summed E-state index contributed by atoms with van der Waals surface area (Å²) in [5.41, 5.74) is -0.104. The van der Waals surface area contributed by atoms with Crippen LogP contribution in [0.4, 0.5) is 5.13 Å². The van der Waals surface area contributed by atoms with Crippen molar-refractivity contribution in [1.82, 2.24) is 15.6 Å². The number of aliphatic hydroxyl groups is 2. The van der Waals surface area contributed by atoms with Gasteiger partial charge in [0.05, 0.1) is 24.1 Å². The zero-order valence-corrected chi connectivity index (χ0v) is 34.5. The van der Waals surface area contributed by atoms with Gasteiger partial charge in [0.15, 0.2) is 28.6 Å². The Morgan fingerprint density at radius 1 is 1.12 bits per heavy atom. The Kier molecular flexibility index (Phi) is 11.9. The van der Waals surface area contributed by atoms with Gasteiger partial charge in [-0.3, -0.25) is 28.8 Å². The highest BCUT2D eigenvalue weighted by atomic mass is 79.9. The van der Waals surface area contributed by atoms with E-state index < -0.39 is 77.1 Å². The first-order valence-electron chi connectivity index (χ1n) is 19.4. The van der Waals surface area contributed by atoms with Gasteiger partial charge in [-0.05, 0) is 61.7 Å². The smallest absolute Gasteiger partial charge is 0.303 e. The Morgan fingerprint density at radius 3 is 2.59 bits per heavy atom. The summed E-state index contributed by atoms with van der Waals surface area (Å²) in [6, 6.07) is 6.34. The van der Waals surface area contributed by atoms with Crippen molar-refractivity contribution in [2.45, 2.75) is 88.9 Å². The van der Waals surface area contributed by atoms with Gasteiger partial charge < -0.3 is 40.7 Å². The van der Waals surface area contributed by atoms with Crippen molar-refractivity contribution in [3.63, 3.8) is 0 Å². The molecule has 2 heterocycles. The van der Waals surface area contributed by atoms with Crippen molar-refractivity contribution in [3.8, 4) is 0 Å². The van der Waals surface area contributed by atoms with E-state index in [1.165, 1.54) is 11.3 Å². The summed E-state index contributed by atoms with van der Waals surface area (Å²) >= 11 is 4.20. The van der Waals surface area contributed by atoms with Gasteiger partial charge in [0.25, 0.3) is 0 Å². The van der Waals surface area contributed by atoms with Crippen LogP contribution in [0.2, 0.25) is 0 Å². The van der Waals surface area contributed by atoms with E-state index in [4.69, 9.17) is 14.6 Å². The minimum Gasteiger partial charge on any atom is -0.481 e. The summed E-state index contributed by atoms with van der Waals surface area (Å²) in [5.74, 6) is -3.45. The number of aromatic nitrogens is 1. The first kappa shape index (κ1) is 42.0. The summed E-state index contributed by atoms with van der Waals surface area (Å²) in [7, 11) is 0. The number of aliphatic carboxylic acids is 1. The molecule has 2 aromatic rings. The standard InChI is InChI=1S/C41H47BrN4O11S/c1-39-12-11-24(48)14-23(39)7-8-26-27-15-31-41(30(50)20-47,40(27,2)16-29(49)35(26)39)57-37(56-31)22-5-3-21(4-6-22)13-25-18-44-38(58-25)46-36(55)28(9-10-34(53)54)45-33(52)19-43-32(51)17-42/h3-6,11-12,14,18,26-29,31,35,37,47,49H,7-10,13,15-17,19-20H2,1-2H3,(H,43,51)(H,45,52)(H,53,54)(H,44,46,55)/t26-,27-,28-,29-,31+,35+,37+,39-,40-,41+/m0/s1. The van der Waals surface area contributed by atoms with Crippen LogP contribution >= 0.6 is 27.3 Å². The van der Waals surface area contributed by atoms with Crippen LogP contribution in [0.15, 0.2) is 54.3 Å². The summed E-state index contributed by atoms with van der Waals surface area (Å²) in [6.45, 7) is 2.99. The Hall–Kier alpha value is -4.13. The lowest BCUT2D eigenvalue weighted by Gasteiger charge is -2.59. The molecule has 1 aromatic carbocycles. The van der Waals surface area contributed by atoms with Crippen molar-refractivity contribution < 1.29 is 53.6 Å². The molecule has 17 heteroatoms. The third kappa shape index (κ3) is 7.60. The third-order valence-corrected chi connectivity index (χ3v) is 14.5. The SMILES string of the molecule is C[C@]12C=CC(=O)C=C1CC[C@@H]1[C@@H]2[C@@H](O)C[C@@]2(C)[C@H]1C[C@H]1O[C@@H](c3ccc(Cc4cnc(NC(=O)[C@H](CCC(=O)O)NC(=O)CNC(=O)CBr)s4)cc3)O[C@]12C(=O)CO. The second-order valence-electron chi connectivity index (χ2n) is 16.3. The highest BCUT2D eigenvalue weighted by Crippen LogP contribution is 2.70. The van der Waals surface area contributed by atoms with E-state index in [0.29, 0.717) is 18.4 Å². The van der Waals surface area contributed by atoms with Crippen LogP contribution in [0.1, 0.15) is 74.7 Å².